The highest BCUT2D eigenvalue weighted by atomic mass is 79.9. The molecule has 1 aliphatic carbocycles. The van der Waals surface area contributed by atoms with E-state index in [1.807, 2.05) is 18.3 Å². The Morgan fingerprint density at radius 1 is 1.59 bits per heavy atom. The lowest BCUT2D eigenvalue weighted by Crippen LogP contribution is -2.33. The normalized spacial score (nSPS) is 18.7. The standard InChI is InChI=1S/C14H19BrN2/c1-3-14(2,10-17-12-6-7-12)8-13-5-4-11(15)9-16-13/h3-5,9,12,17H,1,6-8,10H2,2H3. The van der Waals surface area contributed by atoms with Crippen molar-refractivity contribution >= 4 is 15.9 Å². The molecule has 3 heteroatoms. The number of hydrogen-bond donors (Lipinski definition) is 1. The van der Waals surface area contributed by atoms with Crippen molar-refractivity contribution in [3.05, 3.63) is 41.2 Å². The first-order valence-electron chi connectivity index (χ1n) is 6.09. The zero-order valence-corrected chi connectivity index (χ0v) is 11.8. The Kier molecular flexibility index (Phi) is 4.00. The van der Waals surface area contributed by atoms with Gasteiger partial charge in [0.15, 0.2) is 0 Å². The molecule has 1 unspecified atom stereocenters. The Morgan fingerprint density at radius 3 is 2.88 bits per heavy atom. The predicted octanol–water partition coefficient (Wildman–Crippen LogP) is 3.33. The van der Waals surface area contributed by atoms with Crippen LogP contribution in [-0.2, 0) is 6.42 Å². The van der Waals surface area contributed by atoms with Gasteiger partial charge in [-0.25, -0.2) is 0 Å². The van der Waals surface area contributed by atoms with Gasteiger partial charge in [-0.05, 0) is 47.3 Å². The van der Waals surface area contributed by atoms with Gasteiger partial charge in [0.25, 0.3) is 0 Å². The summed E-state index contributed by atoms with van der Waals surface area (Å²) in [4.78, 5) is 4.43. The van der Waals surface area contributed by atoms with Crippen LogP contribution in [0.25, 0.3) is 0 Å². The van der Waals surface area contributed by atoms with Gasteiger partial charge in [0.1, 0.15) is 0 Å². The van der Waals surface area contributed by atoms with Gasteiger partial charge in [0.05, 0.1) is 0 Å². The zero-order valence-electron chi connectivity index (χ0n) is 10.2. The van der Waals surface area contributed by atoms with E-state index < -0.39 is 0 Å². The molecule has 2 nitrogen and oxygen atoms in total. The smallest absolute Gasteiger partial charge is 0.0413 e. The lowest BCUT2D eigenvalue weighted by Gasteiger charge is -2.26. The summed E-state index contributed by atoms with van der Waals surface area (Å²) in [6.07, 6.45) is 7.48. The van der Waals surface area contributed by atoms with Crippen molar-refractivity contribution < 1.29 is 0 Å². The number of aromatic nitrogens is 1. The summed E-state index contributed by atoms with van der Waals surface area (Å²) in [6.45, 7) is 7.19. The van der Waals surface area contributed by atoms with E-state index in [2.05, 4.69) is 45.8 Å². The molecule has 1 aromatic heterocycles. The number of pyridine rings is 1. The van der Waals surface area contributed by atoms with E-state index in [0.29, 0.717) is 0 Å². The Balaban J connectivity index is 1.96. The molecule has 0 bridgehead atoms. The molecule has 0 amide bonds. The molecule has 0 aliphatic heterocycles. The number of nitrogens with zero attached hydrogens (tertiary/aromatic N) is 1. The Morgan fingerprint density at radius 2 is 2.35 bits per heavy atom. The van der Waals surface area contributed by atoms with Crippen LogP contribution in [0.4, 0.5) is 0 Å². The van der Waals surface area contributed by atoms with Crippen LogP contribution in [0, 0.1) is 5.41 Å². The van der Waals surface area contributed by atoms with Crippen molar-refractivity contribution in [1.82, 2.24) is 10.3 Å². The van der Waals surface area contributed by atoms with Gasteiger partial charge >= 0.3 is 0 Å². The van der Waals surface area contributed by atoms with Gasteiger partial charge in [0, 0.05) is 34.4 Å². The summed E-state index contributed by atoms with van der Waals surface area (Å²) in [5.41, 5.74) is 1.21. The molecule has 0 saturated heterocycles. The molecule has 0 aromatic carbocycles. The van der Waals surface area contributed by atoms with Crippen molar-refractivity contribution in [3.8, 4) is 0 Å². The first-order chi connectivity index (χ1) is 8.11. The number of halogens is 1. The third kappa shape index (κ3) is 3.93. The molecule has 17 heavy (non-hydrogen) atoms. The second-order valence-electron chi connectivity index (χ2n) is 5.16. The first kappa shape index (κ1) is 12.8. The lowest BCUT2D eigenvalue weighted by atomic mass is 9.85. The van der Waals surface area contributed by atoms with Crippen molar-refractivity contribution in [3.63, 3.8) is 0 Å². The Labute approximate surface area is 112 Å². The summed E-state index contributed by atoms with van der Waals surface area (Å²) in [5, 5.41) is 3.57. The summed E-state index contributed by atoms with van der Waals surface area (Å²) in [7, 11) is 0. The van der Waals surface area contributed by atoms with Crippen molar-refractivity contribution in [2.24, 2.45) is 5.41 Å². The Bertz CT molecular complexity index is 384. The SMILES string of the molecule is C=CC(C)(CNC1CC1)Cc1ccc(Br)cn1. The fourth-order valence-corrected chi connectivity index (χ4v) is 2.03. The highest BCUT2D eigenvalue weighted by Crippen LogP contribution is 2.26. The van der Waals surface area contributed by atoms with Crippen LogP contribution in [0.3, 0.4) is 0 Å². The van der Waals surface area contributed by atoms with Crippen LogP contribution in [0.2, 0.25) is 0 Å². The van der Waals surface area contributed by atoms with E-state index in [4.69, 9.17) is 0 Å². The summed E-state index contributed by atoms with van der Waals surface area (Å²) in [5.74, 6) is 0. The predicted molar refractivity (Wildman–Crippen MR) is 75.0 cm³/mol. The molecule has 92 valence electrons. The van der Waals surface area contributed by atoms with Crippen LogP contribution in [0.1, 0.15) is 25.5 Å². The van der Waals surface area contributed by atoms with E-state index in [1.165, 1.54) is 12.8 Å². The third-order valence-corrected chi connectivity index (χ3v) is 3.71. The maximum atomic E-state index is 4.43. The minimum atomic E-state index is 0.0867. The minimum absolute atomic E-state index is 0.0867. The zero-order chi connectivity index (χ0) is 12.3. The second kappa shape index (κ2) is 5.32. The molecule has 2 rings (SSSR count). The molecule has 1 atom stereocenters. The maximum Gasteiger partial charge on any atom is 0.0413 e. The number of hydrogen-bond acceptors (Lipinski definition) is 2. The van der Waals surface area contributed by atoms with Gasteiger partial charge in [0.2, 0.25) is 0 Å². The quantitative estimate of drug-likeness (QED) is 0.814. The summed E-state index contributed by atoms with van der Waals surface area (Å²) < 4.78 is 1.03. The van der Waals surface area contributed by atoms with Gasteiger partial charge in [-0.2, -0.15) is 0 Å². The Hall–Kier alpha value is -0.670. The van der Waals surface area contributed by atoms with Crippen molar-refractivity contribution in [2.75, 3.05) is 6.54 Å². The monoisotopic (exact) mass is 294 g/mol. The lowest BCUT2D eigenvalue weighted by molar-refractivity contribution is 0.385. The van der Waals surface area contributed by atoms with Crippen LogP contribution >= 0.6 is 15.9 Å². The van der Waals surface area contributed by atoms with Crippen LogP contribution in [-0.4, -0.2) is 17.6 Å². The van der Waals surface area contributed by atoms with Gasteiger partial charge in [-0.15, -0.1) is 6.58 Å². The van der Waals surface area contributed by atoms with Crippen LogP contribution in [0.15, 0.2) is 35.5 Å². The minimum Gasteiger partial charge on any atom is -0.313 e. The first-order valence-corrected chi connectivity index (χ1v) is 6.88. The maximum absolute atomic E-state index is 4.43. The van der Waals surface area contributed by atoms with E-state index in [0.717, 1.165) is 29.2 Å². The average molecular weight is 295 g/mol. The largest absolute Gasteiger partial charge is 0.313 e. The van der Waals surface area contributed by atoms with E-state index in [9.17, 15) is 0 Å². The van der Waals surface area contributed by atoms with Gasteiger partial charge < -0.3 is 5.32 Å². The molecule has 0 spiro atoms. The molecular formula is C14H19BrN2. The van der Waals surface area contributed by atoms with Crippen molar-refractivity contribution in [1.29, 1.82) is 0 Å². The molecule has 1 saturated carbocycles. The number of nitrogens with one attached hydrogen (secondary N) is 1. The fraction of sp³-hybridized carbons (Fsp3) is 0.500. The van der Waals surface area contributed by atoms with Crippen LogP contribution in [0.5, 0.6) is 0 Å². The molecule has 1 fully saturated rings. The highest BCUT2D eigenvalue weighted by molar-refractivity contribution is 9.10. The molecule has 1 N–H and O–H groups in total. The molecule has 1 aliphatic rings. The van der Waals surface area contributed by atoms with Crippen LogP contribution < -0.4 is 5.32 Å². The molecule has 1 aromatic rings. The summed E-state index contributed by atoms with van der Waals surface area (Å²) in [6, 6.07) is 4.86. The molecule has 1 heterocycles. The van der Waals surface area contributed by atoms with E-state index in [1.54, 1.807) is 0 Å². The average Bonchev–Trinajstić information content (AvgIpc) is 3.14. The molecule has 0 radical (unpaired) electrons. The van der Waals surface area contributed by atoms with E-state index in [-0.39, 0.29) is 5.41 Å². The fourth-order valence-electron chi connectivity index (χ4n) is 1.80. The van der Waals surface area contributed by atoms with Gasteiger partial charge in [-0.1, -0.05) is 13.0 Å². The second-order valence-corrected chi connectivity index (χ2v) is 6.07. The highest BCUT2D eigenvalue weighted by Gasteiger charge is 2.26. The molecular weight excluding hydrogens is 276 g/mol. The van der Waals surface area contributed by atoms with E-state index >= 15 is 0 Å². The summed E-state index contributed by atoms with van der Waals surface area (Å²) >= 11 is 3.41. The topological polar surface area (TPSA) is 24.9 Å². The third-order valence-electron chi connectivity index (χ3n) is 3.24. The number of rotatable bonds is 6. The van der Waals surface area contributed by atoms with Crippen molar-refractivity contribution in [2.45, 2.75) is 32.2 Å². The van der Waals surface area contributed by atoms with Gasteiger partial charge in [-0.3, -0.25) is 4.98 Å².